The number of nitrogens with two attached hydrogens (primary N) is 1. The first kappa shape index (κ1) is 18.9. The Hall–Kier alpha value is -1.44. The summed E-state index contributed by atoms with van der Waals surface area (Å²) in [5.41, 5.74) is 7.87. The highest BCUT2D eigenvalue weighted by molar-refractivity contribution is 9.10. The number of hydrogen-bond donors (Lipinski definition) is 2. The molecule has 24 heavy (non-hydrogen) atoms. The van der Waals surface area contributed by atoms with Crippen molar-refractivity contribution in [3.05, 3.63) is 40.1 Å². The molecule has 3 rings (SSSR count). The Kier molecular flexibility index (Phi) is 6.37. The molecule has 0 radical (unpaired) electrons. The SMILES string of the molecule is Cc1c(C(=O)NC2CCC(N)CC2)nnn1-c1cccc(Br)c1.Cl. The van der Waals surface area contributed by atoms with Crippen LogP contribution >= 0.6 is 28.3 Å². The predicted octanol–water partition coefficient (Wildman–Crippen LogP) is 2.76. The highest BCUT2D eigenvalue weighted by Crippen LogP contribution is 2.19. The van der Waals surface area contributed by atoms with Gasteiger partial charge in [-0.15, -0.1) is 17.5 Å². The molecule has 8 heteroatoms. The lowest BCUT2D eigenvalue weighted by molar-refractivity contribution is 0.0920. The van der Waals surface area contributed by atoms with E-state index in [1.165, 1.54) is 0 Å². The van der Waals surface area contributed by atoms with E-state index in [1.807, 2.05) is 31.2 Å². The number of nitrogens with zero attached hydrogens (tertiary/aromatic N) is 3. The van der Waals surface area contributed by atoms with E-state index in [0.29, 0.717) is 5.69 Å². The molecule has 1 heterocycles. The molecule has 1 amide bonds. The summed E-state index contributed by atoms with van der Waals surface area (Å²) in [5, 5.41) is 11.2. The van der Waals surface area contributed by atoms with E-state index in [2.05, 4.69) is 31.6 Å². The van der Waals surface area contributed by atoms with Crippen molar-refractivity contribution in [3.8, 4) is 5.69 Å². The highest BCUT2D eigenvalue weighted by atomic mass is 79.9. The van der Waals surface area contributed by atoms with Crippen molar-refractivity contribution in [3.63, 3.8) is 0 Å². The van der Waals surface area contributed by atoms with Crippen LogP contribution in [0.5, 0.6) is 0 Å². The Balaban J connectivity index is 0.00000208. The van der Waals surface area contributed by atoms with Gasteiger partial charge in [-0.3, -0.25) is 4.79 Å². The summed E-state index contributed by atoms with van der Waals surface area (Å²) in [4.78, 5) is 12.5. The summed E-state index contributed by atoms with van der Waals surface area (Å²) in [5.74, 6) is -0.163. The quantitative estimate of drug-likeness (QED) is 0.808. The normalized spacial score (nSPS) is 20.3. The second-order valence-corrected chi connectivity index (χ2v) is 6.92. The Morgan fingerprint density at radius 2 is 2.04 bits per heavy atom. The first-order valence-corrected chi connectivity index (χ1v) is 8.58. The molecule has 6 nitrogen and oxygen atoms in total. The van der Waals surface area contributed by atoms with Gasteiger partial charge in [-0.05, 0) is 50.8 Å². The van der Waals surface area contributed by atoms with E-state index in [0.717, 1.165) is 41.5 Å². The number of nitrogens with one attached hydrogen (secondary N) is 1. The highest BCUT2D eigenvalue weighted by Gasteiger charge is 2.23. The minimum Gasteiger partial charge on any atom is -0.348 e. The topological polar surface area (TPSA) is 85.8 Å². The molecule has 0 unspecified atom stereocenters. The maximum atomic E-state index is 12.5. The van der Waals surface area contributed by atoms with Crippen molar-refractivity contribution in [1.82, 2.24) is 20.3 Å². The summed E-state index contributed by atoms with van der Waals surface area (Å²) in [7, 11) is 0. The van der Waals surface area contributed by atoms with Gasteiger partial charge in [-0.1, -0.05) is 27.2 Å². The van der Waals surface area contributed by atoms with Crippen LogP contribution in [0, 0.1) is 6.92 Å². The third kappa shape index (κ3) is 4.15. The van der Waals surface area contributed by atoms with Gasteiger partial charge < -0.3 is 11.1 Å². The van der Waals surface area contributed by atoms with E-state index in [1.54, 1.807) is 4.68 Å². The molecular weight excluding hydrogens is 394 g/mol. The molecule has 0 bridgehead atoms. The molecule has 1 aromatic heterocycles. The molecule has 0 saturated heterocycles. The largest absolute Gasteiger partial charge is 0.348 e. The molecule has 0 atom stereocenters. The third-order valence-corrected chi connectivity index (χ3v) is 4.76. The molecule has 3 N–H and O–H groups in total. The lowest BCUT2D eigenvalue weighted by Crippen LogP contribution is -2.40. The van der Waals surface area contributed by atoms with Gasteiger partial charge >= 0.3 is 0 Å². The zero-order valence-corrected chi connectivity index (χ0v) is 15.8. The number of carbonyl (C=O) groups excluding carboxylic acids is 1. The number of halogens is 2. The van der Waals surface area contributed by atoms with Gasteiger partial charge in [0.25, 0.3) is 5.91 Å². The summed E-state index contributed by atoms with van der Waals surface area (Å²) < 4.78 is 2.63. The Morgan fingerprint density at radius 1 is 1.33 bits per heavy atom. The number of benzene rings is 1. The Bertz CT molecular complexity index is 712. The lowest BCUT2D eigenvalue weighted by Gasteiger charge is -2.26. The zero-order valence-electron chi connectivity index (χ0n) is 13.4. The maximum Gasteiger partial charge on any atom is 0.273 e. The molecule has 130 valence electrons. The van der Waals surface area contributed by atoms with Crippen molar-refractivity contribution in [2.75, 3.05) is 0 Å². The minimum absolute atomic E-state index is 0. The number of carbonyl (C=O) groups is 1. The molecule has 1 saturated carbocycles. The molecule has 0 aliphatic heterocycles. The second kappa shape index (κ2) is 8.09. The van der Waals surface area contributed by atoms with Gasteiger partial charge in [0.05, 0.1) is 11.4 Å². The average Bonchev–Trinajstić information content (AvgIpc) is 2.91. The van der Waals surface area contributed by atoms with Crippen molar-refractivity contribution in [2.45, 2.75) is 44.7 Å². The maximum absolute atomic E-state index is 12.5. The molecule has 1 fully saturated rings. The van der Waals surface area contributed by atoms with Crippen LogP contribution in [0.4, 0.5) is 0 Å². The first-order valence-electron chi connectivity index (χ1n) is 7.79. The van der Waals surface area contributed by atoms with Crippen molar-refractivity contribution < 1.29 is 4.79 Å². The van der Waals surface area contributed by atoms with E-state index in [4.69, 9.17) is 5.73 Å². The van der Waals surface area contributed by atoms with Crippen LogP contribution in [0.3, 0.4) is 0 Å². The molecule has 1 aromatic carbocycles. The Labute approximate surface area is 155 Å². The van der Waals surface area contributed by atoms with Crippen LogP contribution in [-0.4, -0.2) is 33.0 Å². The average molecular weight is 415 g/mol. The monoisotopic (exact) mass is 413 g/mol. The second-order valence-electron chi connectivity index (χ2n) is 6.00. The van der Waals surface area contributed by atoms with Gasteiger partial charge in [0.15, 0.2) is 5.69 Å². The minimum atomic E-state index is -0.163. The summed E-state index contributed by atoms with van der Waals surface area (Å²) in [6, 6.07) is 8.17. The van der Waals surface area contributed by atoms with Crippen LogP contribution < -0.4 is 11.1 Å². The van der Waals surface area contributed by atoms with E-state index >= 15 is 0 Å². The third-order valence-electron chi connectivity index (χ3n) is 4.27. The smallest absolute Gasteiger partial charge is 0.273 e. The molecule has 1 aliphatic carbocycles. The first-order chi connectivity index (χ1) is 11.0. The molecule has 0 spiro atoms. The van der Waals surface area contributed by atoms with E-state index in [-0.39, 0.29) is 30.4 Å². The van der Waals surface area contributed by atoms with Crippen LogP contribution in [0.1, 0.15) is 41.9 Å². The number of hydrogen-bond acceptors (Lipinski definition) is 4. The molecular formula is C16H21BrClN5O. The van der Waals surface area contributed by atoms with Gasteiger partial charge in [0.2, 0.25) is 0 Å². The van der Waals surface area contributed by atoms with Crippen molar-refractivity contribution >= 4 is 34.2 Å². The van der Waals surface area contributed by atoms with Gasteiger partial charge in [0, 0.05) is 16.6 Å². The predicted molar refractivity (Wildman–Crippen MR) is 98.7 cm³/mol. The number of aromatic nitrogens is 3. The molecule has 2 aromatic rings. The van der Waals surface area contributed by atoms with Crippen molar-refractivity contribution in [2.24, 2.45) is 5.73 Å². The van der Waals surface area contributed by atoms with E-state index in [9.17, 15) is 4.79 Å². The summed E-state index contributed by atoms with van der Waals surface area (Å²) in [6.07, 6.45) is 3.75. The fourth-order valence-electron chi connectivity index (χ4n) is 2.91. The van der Waals surface area contributed by atoms with Crippen molar-refractivity contribution in [1.29, 1.82) is 0 Å². The fraction of sp³-hybridized carbons (Fsp3) is 0.438. The number of rotatable bonds is 3. The zero-order chi connectivity index (χ0) is 16.4. The number of amides is 1. The summed E-state index contributed by atoms with van der Waals surface area (Å²) in [6.45, 7) is 1.85. The van der Waals surface area contributed by atoms with Crippen LogP contribution in [0.25, 0.3) is 5.69 Å². The van der Waals surface area contributed by atoms with Gasteiger partial charge in [0.1, 0.15) is 0 Å². The Morgan fingerprint density at radius 3 is 2.71 bits per heavy atom. The lowest BCUT2D eigenvalue weighted by atomic mass is 9.92. The molecule has 1 aliphatic rings. The fourth-order valence-corrected chi connectivity index (χ4v) is 3.30. The van der Waals surface area contributed by atoms with E-state index < -0.39 is 0 Å². The van der Waals surface area contributed by atoms with Gasteiger partial charge in [-0.25, -0.2) is 4.68 Å². The van der Waals surface area contributed by atoms with Gasteiger partial charge in [-0.2, -0.15) is 0 Å². The summed E-state index contributed by atoms with van der Waals surface area (Å²) >= 11 is 3.44. The van der Waals surface area contributed by atoms with Crippen LogP contribution in [0.2, 0.25) is 0 Å². The standard InChI is InChI=1S/C16H20BrN5O.ClH/c1-10-15(16(23)19-13-7-5-12(18)6-8-13)20-21-22(10)14-4-2-3-11(17)9-14;/h2-4,9,12-13H,5-8,18H2,1H3,(H,19,23);1H. The van der Waals surface area contributed by atoms with Crippen LogP contribution in [-0.2, 0) is 0 Å². The van der Waals surface area contributed by atoms with Crippen LogP contribution in [0.15, 0.2) is 28.7 Å².